The fourth-order valence-corrected chi connectivity index (χ4v) is 3.40. The van der Waals surface area contributed by atoms with E-state index in [9.17, 15) is 4.39 Å². The van der Waals surface area contributed by atoms with Gasteiger partial charge in [-0.2, -0.15) is 0 Å². The summed E-state index contributed by atoms with van der Waals surface area (Å²) in [6, 6.07) is 5.42. The minimum atomic E-state index is -0.333. The minimum absolute atomic E-state index is 0.189. The van der Waals surface area contributed by atoms with Gasteiger partial charge in [0.25, 0.3) is 0 Å². The summed E-state index contributed by atoms with van der Waals surface area (Å²) < 4.78 is 13.8. The first-order chi connectivity index (χ1) is 9.67. The Morgan fingerprint density at radius 2 is 2.20 bits per heavy atom. The summed E-state index contributed by atoms with van der Waals surface area (Å²) in [5.41, 5.74) is 6.99. The highest BCUT2D eigenvalue weighted by molar-refractivity contribution is 6.30. The molecule has 0 amide bonds. The lowest BCUT2D eigenvalue weighted by Crippen LogP contribution is -2.36. The lowest BCUT2D eigenvalue weighted by atomic mass is 9.89. The Morgan fingerprint density at radius 3 is 2.85 bits per heavy atom. The molecule has 1 fully saturated rings. The van der Waals surface area contributed by atoms with Gasteiger partial charge < -0.3 is 5.73 Å². The van der Waals surface area contributed by atoms with Crippen LogP contribution in [0.5, 0.6) is 0 Å². The normalized spacial score (nSPS) is 24.6. The second kappa shape index (κ2) is 7.39. The highest BCUT2D eigenvalue weighted by atomic mass is 35.5. The topological polar surface area (TPSA) is 29.3 Å². The zero-order valence-electron chi connectivity index (χ0n) is 12.1. The van der Waals surface area contributed by atoms with Crippen LogP contribution in [0.15, 0.2) is 18.2 Å². The first-order valence-electron chi connectivity index (χ1n) is 7.56. The molecule has 1 saturated heterocycles. The number of nitrogens with zero attached hydrogens (tertiary/aromatic N) is 1. The Balaban J connectivity index is 2.34. The molecular weight excluding hydrogens is 275 g/mol. The maximum absolute atomic E-state index is 13.8. The van der Waals surface area contributed by atoms with Crippen LogP contribution in [0.2, 0.25) is 5.02 Å². The van der Waals surface area contributed by atoms with E-state index in [1.807, 2.05) is 6.07 Å². The van der Waals surface area contributed by atoms with Crippen LogP contribution >= 0.6 is 11.6 Å². The molecule has 1 aromatic rings. The third kappa shape index (κ3) is 3.51. The molecule has 0 saturated carbocycles. The van der Waals surface area contributed by atoms with Crippen molar-refractivity contribution < 1.29 is 4.39 Å². The van der Waals surface area contributed by atoms with E-state index in [0.29, 0.717) is 12.5 Å². The Bertz CT molecular complexity index is 438. The first-order valence-corrected chi connectivity index (χ1v) is 7.94. The smallest absolute Gasteiger partial charge is 0.142 e. The van der Waals surface area contributed by atoms with Gasteiger partial charge in [-0.1, -0.05) is 31.0 Å². The molecule has 2 unspecified atom stereocenters. The summed E-state index contributed by atoms with van der Waals surface area (Å²) in [4.78, 5) is 2.47. The van der Waals surface area contributed by atoms with Crippen molar-refractivity contribution in [3.63, 3.8) is 0 Å². The van der Waals surface area contributed by atoms with Gasteiger partial charge in [0.05, 0.1) is 5.02 Å². The molecule has 2 N–H and O–H groups in total. The quantitative estimate of drug-likeness (QED) is 0.910. The van der Waals surface area contributed by atoms with Gasteiger partial charge in [-0.25, -0.2) is 4.39 Å². The number of likely N-dealkylation sites (tertiary alicyclic amines) is 1. The fraction of sp³-hybridized carbons (Fsp3) is 0.625. The van der Waals surface area contributed by atoms with Gasteiger partial charge in [-0.15, -0.1) is 0 Å². The van der Waals surface area contributed by atoms with E-state index in [-0.39, 0.29) is 16.9 Å². The monoisotopic (exact) mass is 298 g/mol. The van der Waals surface area contributed by atoms with Gasteiger partial charge in [-0.3, -0.25) is 4.90 Å². The van der Waals surface area contributed by atoms with E-state index in [0.717, 1.165) is 31.5 Å². The number of rotatable bonds is 4. The average molecular weight is 299 g/mol. The van der Waals surface area contributed by atoms with Crippen molar-refractivity contribution in [1.29, 1.82) is 0 Å². The molecule has 1 aromatic carbocycles. The summed E-state index contributed by atoms with van der Waals surface area (Å²) in [5.74, 6) is 0.0604. The Labute approximate surface area is 126 Å². The van der Waals surface area contributed by atoms with Crippen LogP contribution in [-0.4, -0.2) is 24.5 Å². The van der Waals surface area contributed by atoms with E-state index < -0.39 is 0 Å². The van der Waals surface area contributed by atoms with Crippen LogP contribution in [-0.2, 0) is 0 Å². The molecule has 1 aliphatic rings. The summed E-state index contributed by atoms with van der Waals surface area (Å²) in [6.07, 6.45) is 4.62. The molecule has 20 heavy (non-hydrogen) atoms. The van der Waals surface area contributed by atoms with Crippen LogP contribution in [0.4, 0.5) is 4.39 Å². The largest absolute Gasteiger partial charge is 0.330 e. The van der Waals surface area contributed by atoms with E-state index in [2.05, 4.69) is 11.8 Å². The molecule has 2 nitrogen and oxygen atoms in total. The summed E-state index contributed by atoms with van der Waals surface area (Å²) in [6.45, 7) is 4.93. The number of benzene rings is 1. The zero-order valence-corrected chi connectivity index (χ0v) is 12.9. The molecule has 4 heteroatoms. The number of hydrogen-bond acceptors (Lipinski definition) is 2. The fourth-order valence-electron chi connectivity index (χ4n) is 3.28. The molecule has 0 radical (unpaired) electrons. The summed E-state index contributed by atoms with van der Waals surface area (Å²) in [7, 11) is 0. The Kier molecular flexibility index (Phi) is 5.82. The predicted octanol–water partition coefficient (Wildman–Crippen LogP) is 3.99. The lowest BCUT2D eigenvalue weighted by molar-refractivity contribution is 0.158. The zero-order chi connectivity index (χ0) is 14.5. The van der Waals surface area contributed by atoms with E-state index in [1.165, 1.54) is 12.8 Å². The molecule has 2 rings (SSSR count). The third-order valence-corrected chi connectivity index (χ3v) is 4.52. The van der Waals surface area contributed by atoms with E-state index >= 15 is 0 Å². The van der Waals surface area contributed by atoms with E-state index in [4.69, 9.17) is 17.3 Å². The Morgan fingerprint density at radius 1 is 1.40 bits per heavy atom. The SMILES string of the molecule is CCCN1CCCCC(CN)C1c1ccc(Cl)c(F)c1. The number of halogens is 2. The highest BCUT2D eigenvalue weighted by Gasteiger charge is 2.30. The van der Waals surface area contributed by atoms with Crippen molar-refractivity contribution in [2.24, 2.45) is 11.7 Å². The lowest BCUT2D eigenvalue weighted by Gasteiger charge is -2.35. The number of nitrogens with two attached hydrogens (primary N) is 1. The minimum Gasteiger partial charge on any atom is -0.330 e. The van der Waals surface area contributed by atoms with Crippen LogP contribution < -0.4 is 5.73 Å². The second-order valence-electron chi connectivity index (χ2n) is 5.65. The van der Waals surface area contributed by atoms with Crippen LogP contribution in [0.25, 0.3) is 0 Å². The van der Waals surface area contributed by atoms with Gasteiger partial charge in [0.15, 0.2) is 0 Å². The van der Waals surface area contributed by atoms with Gasteiger partial charge in [-0.05, 0) is 62.5 Å². The third-order valence-electron chi connectivity index (χ3n) is 4.21. The van der Waals surface area contributed by atoms with Crippen LogP contribution in [0.3, 0.4) is 0 Å². The average Bonchev–Trinajstić information content (AvgIpc) is 2.64. The van der Waals surface area contributed by atoms with Crippen LogP contribution in [0.1, 0.15) is 44.2 Å². The molecule has 0 aliphatic carbocycles. The maximum atomic E-state index is 13.8. The standard InChI is InChI=1S/C16H24ClFN2/c1-2-8-20-9-4-3-5-13(11-19)16(20)12-6-7-14(17)15(18)10-12/h6-7,10,13,16H,2-5,8-9,11,19H2,1H3. The molecule has 2 atom stereocenters. The van der Waals surface area contributed by atoms with Gasteiger partial charge >= 0.3 is 0 Å². The van der Waals surface area contributed by atoms with Crippen molar-refractivity contribution in [2.45, 2.75) is 38.6 Å². The highest BCUT2D eigenvalue weighted by Crippen LogP contribution is 2.35. The molecule has 0 spiro atoms. The van der Waals surface area contributed by atoms with Crippen LogP contribution in [0, 0.1) is 11.7 Å². The molecular formula is C16H24ClFN2. The second-order valence-corrected chi connectivity index (χ2v) is 6.05. The molecule has 1 heterocycles. The Hall–Kier alpha value is -0.640. The van der Waals surface area contributed by atoms with Gasteiger partial charge in [0, 0.05) is 6.04 Å². The summed E-state index contributed by atoms with van der Waals surface area (Å²) >= 11 is 5.81. The van der Waals surface area contributed by atoms with Crippen molar-refractivity contribution in [2.75, 3.05) is 19.6 Å². The molecule has 112 valence electrons. The first kappa shape index (κ1) is 15.7. The predicted molar refractivity (Wildman–Crippen MR) is 82.4 cm³/mol. The summed E-state index contributed by atoms with van der Waals surface area (Å²) in [5, 5.41) is 0.189. The van der Waals surface area contributed by atoms with Crippen molar-refractivity contribution >= 4 is 11.6 Å². The molecule has 0 bridgehead atoms. The van der Waals surface area contributed by atoms with Crippen molar-refractivity contribution in [1.82, 2.24) is 4.90 Å². The van der Waals surface area contributed by atoms with Crippen molar-refractivity contribution in [3.05, 3.63) is 34.6 Å². The van der Waals surface area contributed by atoms with Gasteiger partial charge in [0.2, 0.25) is 0 Å². The van der Waals surface area contributed by atoms with Gasteiger partial charge in [0.1, 0.15) is 5.82 Å². The maximum Gasteiger partial charge on any atom is 0.142 e. The molecule has 0 aromatic heterocycles. The van der Waals surface area contributed by atoms with E-state index in [1.54, 1.807) is 12.1 Å². The molecule has 1 aliphatic heterocycles. The van der Waals surface area contributed by atoms with Crippen molar-refractivity contribution in [3.8, 4) is 0 Å². The number of hydrogen-bond donors (Lipinski definition) is 1.